The Morgan fingerprint density at radius 2 is 1.88 bits per heavy atom. The molecule has 4 heteroatoms. The molecule has 0 amide bonds. The molecule has 0 aromatic heterocycles. The number of allylic oxidation sites excluding steroid dienone is 3. The molecular formula is C22H30O3S. The molecule has 0 saturated heterocycles. The molecule has 142 valence electrons. The van der Waals surface area contributed by atoms with Gasteiger partial charge in [0.15, 0.2) is 15.6 Å². The summed E-state index contributed by atoms with van der Waals surface area (Å²) >= 11 is 0. The minimum absolute atomic E-state index is 0.0136. The molecule has 1 aliphatic carbocycles. The van der Waals surface area contributed by atoms with Crippen LogP contribution >= 0.6 is 0 Å². The van der Waals surface area contributed by atoms with Gasteiger partial charge in [-0.3, -0.25) is 4.79 Å². The van der Waals surface area contributed by atoms with E-state index in [1.54, 1.807) is 30.3 Å². The molecule has 2 atom stereocenters. The van der Waals surface area contributed by atoms with E-state index in [4.69, 9.17) is 0 Å². The Bertz CT molecular complexity index is 771. The number of hydrogen-bond acceptors (Lipinski definition) is 3. The van der Waals surface area contributed by atoms with Gasteiger partial charge in [-0.2, -0.15) is 0 Å². The summed E-state index contributed by atoms with van der Waals surface area (Å²) in [7, 11) is -3.55. The number of rotatable bonds is 8. The lowest BCUT2D eigenvalue weighted by molar-refractivity contribution is -0.115. The number of hydrogen-bond donors (Lipinski definition) is 0. The van der Waals surface area contributed by atoms with Crippen molar-refractivity contribution in [2.75, 3.05) is 0 Å². The highest BCUT2D eigenvalue weighted by atomic mass is 32.2. The molecule has 0 aliphatic heterocycles. The van der Waals surface area contributed by atoms with E-state index in [-0.39, 0.29) is 11.7 Å². The van der Waals surface area contributed by atoms with Crippen molar-refractivity contribution in [3.63, 3.8) is 0 Å². The van der Waals surface area contributed by atoms with E-state index < -0.39 is 14.6 Å². The Labute approximate surface area is 158 Å². The van der Waals surface area contributed by atoms with Crippen LogP contribution in [0.15, 0.2) is 59.0 Å². The minimum atomic E-state index is -3.55. The Hall–Kier alpha value is -1.68. The molecule has 0 fully saturated rings. The molecule has 0 bridgehead atoms. The molecule has 26 heavy (non-hydrogen) atoms. The zero-order chi connectivity index (χ0) is 19.2. The highest BCUT2D eigenvalue weighted by Crippen LogP contribution is 2.42. The number of ketones is 1. The first-order valence-electron chi connectivity index (χ1n) is 9.45. The van der Waals surface area contributed by atoms with Crippen molar-refractivity contribution in [1.82, 2.24) is 0 Å². The van der Waals surface area contributed by atoms with Gasteiger partial charge in [-0.15, -0.1) is 0 Å². The molecule has 0 saturated carbocycles. The van der Waals surface area contributed by atoms with Crippen LogP contribution < -0.4 is 0 Å². The van der Waals surface area contributed by atoms with Gasteiger partial charge in [0, 0.05) is 6.42 Å². The Balaban J connectivity index is 2.24. The summed E-state index contributed by atoms with van der Waals surface area (Å²) in [5.41, 5.74) is 1.31. The van der Waals surface area contributed by atoms with Gasteiger partial charge in [-0.05, 0) is 63.7 Å². The summed E-state index contributed by atoms with van der Waals surface area (Å²) in [5.74, 6) is -0.0246. The van der Waals surface area contributed by atoms with Crippen molar-refractivity contribution in [3.05, 3.63) is 54.1 Å². The largest absolute Gasteiger partial charge is 0.295 e. The molecule has 2 rings (SSSR count). The molecule has 1 aromatic carbocycles. The zero-order valence-electron chi connectivity index (χ0n) is 16.1. The van der Waals surface area contributed by atoms with Gasteiger partial charge in [-0.1, -0.05) is 49.3 Å². The third-order valence-electron chi connectivity index (χ3n) is 5.35. The second-order valence-corrected chi connectivity index (χ2v) is 9.78. The van der Waals surface area contributed by atoms with Gasteiger partial charge in [0.05, 0.1) is 9.64 Å². The van der Waals surface area contributed by atoms with Crippen LogP contribution in [0.5, 0.6) is 0 Å². The van der Waals surface area contributed by atoms with Gasteiger partial charge in [0.25, 0.3) is 0 Å². The van der Waals surface area contributed by atoms with E-state index in [1.807, 2.05) is 13.0 Å². The van der Waals surface area contributed by atoms with Crippen molar-refractivity contribution in [2.24, 2.45) is 5.92 Å². The summed E-state index contributed by atoms with van der Waals surface area (Å²) in [6.07, 6.45) is 9.94. The van der Waals surface area contributed by atoms with Gasteiger partial charge in [0.1, 0.15) is 0 Å². The topological polar surface area (TPSA) is 51.2 Å². The number of carbonyl (C=O) groups is 1. The van der Waals surface area contributed by atoms with E-state index in [2.05, 4.69) is 19.9 Å². The first-order chi connectivity index (χ1) is 12.3. The molecular weight excluding hydrogens is 344 g/mol. The summed E-state index contributed by atoms with van der Waals surface area (Å²) < 4.78 is 25.9. The second kappa shape index (κ2) is 8.81. The highest BCUT2D eigenvalue weighted by Gasteiger charge is 2.47. The van der Waals surface area contributed by atoms with Crippen molar-refractivity contribution in [1.29, 1.82) is 0 Å². The lowest BCUT2D eigenvalue weighted by Gasteiger charge is -2.38. The highest BCUT2D eigenvalue weighted by molar-refractivity contribution is 7.93. The lowest BCUT2D eigenvalue weighted by Crippen LogP contribution is -2.45. The summed E-state index contributed by atoms with van der Waals surface area (Å²) in [4.78, 5) is 12.1. The third kappa shape index (κ3) is 4.53. The fraction of sp³-hybridized carbons (Fsp3) is 0.500. The molecule has 0 radical (unpaired) electrons. The molecule has 0 heterocycles. The lowest BCUT2D eigenvalue weighted by atomic mass is 9.81. The SMILES string of the molecule is CC(C)=CCCCCC(C)C1(S(=O)(=O)c2ccccc2)C=CC(=O)CC1. The molecule has 2 unspecified atom stereocenters. The van der Waals surface area contributed by atoms with Gasteiger partial charge >= 0.3 is 0 Å². The van der Waals surface area contributed by atoms with Crippen molar-refractivity contribution in [3.8, 4) is 0 Å². The first-order valence-corrected chi connectivity index (χ1v) is 10.9. The van der Waals surface area contributed by atoms with Crippen LogP contribution in [0.2, 0.25) is 0 Å². The quantitative estimate of drug-likeness (QED) is 0.459. The van der Waals surface area contributed by atoms with Crippen molar-refractivity contribution in [2.45, 2.75) is 68.9 Å². The minimum Gasteiger partial charge on any atom is -0.295 e. The summed E-state index contributed by atoms with van der Waals surface area (Å²) in [6.45, 7) is 6.20. The van der Waals surface area contributed by atoms with Gasteiger partial charge < -0.3 is 0 Å². The van der Waals surface area contributed by atoms with Crippen LogP contribution in [-0.2, 0) is 14.6 Å². The molecule has 0 spiro atoms. The van der Waals surface area contributed by atoms with Crippen LogP contribution in [0.3, 0.4) is 0 Å². The number of benzene rings is 1. The van der Waals surface area contributed by atoms with Crippen LogP contribution in [0, 0.1) is 5.92 Å². The standard InChI is InChI=1S/C22H30O3S/c1-18(2)10-6-4-7-11-19(3)22(16-14-20(23)15-17-22)26(24,25)21-12-8-5-9-13-21/h5,8-10,12-14,16,19H,4,6-7,11,15,17H2,1-3H3. The van der Waals surface area contributed by atoms with Crippen LogP contribution in [-0.4, -0.2) is 18.9 Å². The van der Waals surface area contributed by atoms with Crippen molar-refractivity contribution >= 4 is 15.6 Å². The Morgan fingerprint density at radius 3 is 2.46 bits per heavy atom. The Morgan fingerprint density at radius 1 is 1.19 bits per heavy atom. The van der Waals surface area contributed by atoms with Gasteiger partial charge in [-0.25, -0.2) is 8.42 Å². The second-order valence-electron chi connectivity index (χ2n) is 7.54. The molecule has 1 aromatic rings. The smallest absolute Gasteiger partial charge is 0.187 e. The predicted molar refractivity (Wildman–Crippen MR) is 107 cm³/mol. The zero-order valence-corrected chi connectivity index (χ0v) is 16.9. The number of sulfone groups is 1. The van der Waals surface area contributed by atoms with Gasteiger partial charge in [0.2, 0.25) is 0 Å². The fourth-order valence-electron chi connectivity index (χ4n) is 3.67. The van der Waals surface area contributed by atoms with Crippen LogP contribution in [0.1, 0.15) is 59.3 Å². The summed E-state index contributed by atoms with van der Waals surface area (Å²) in [5, 5.41) is 0. The van der Waals surface area contributed by atoms with Crippen molar-refractivity contribution < 1.29 is 13.2 Å². The Kier molecular flexibility index (Phi) is 6.99. The van der Waals surface area contributed by atoms with E-state index in [0.29, 0.717) is 17.7 Å². The predicted octanol–water partition coefficient (Wildman–Crippen LogP) is 5.28. The first kappa shape index (κ1) is 20.6. The van der Waals surface area contributed by atoms with Crippen LogP contribution in [0.4, 0.5) is 0 Å². The third-order valence-corrected chi connectivity index (χ3v) is 7.98. The molecule has 3 nitrogen and oxygen atoms in total. The average molecular weight is 375 g/mol. The number of unbranched alkanes of at least 4 members (excludes halogenated alkanes) is 2. The summed E-state index contributed by atoms with van der Waals surface area (Å²) in [6, 6.07) is 8.63. The van der Waals surface area contributed by atoms with Crippen LogP contribution in [0.25, 0.3) is 0 Å². The normalized spacial score (nSPS) is 21.4. The molecule has 0 N–H and O–H groups in total. The maximum absolute atomic E-state index is 13.5. The monoisotopic (exact) mass is 374 g/mol. The van der Waals surface area contributed by atoms with E-state index in [1.165, 1.54) is 11.6 Å². The van der Waals surface area contributed by atoms with E-state index in [0.717, 1.165) is 25.7 Å². The molecule has 1 aliphatic rings. The maximum Gasteiger partial charge on any atom is 0.187 e. The number of carbonyl (C=O) groups excluding carboxylic acids is 1. The average Bonchev–Trinajstić information content (AvgIpc) is 2.62. The fourth-order valence-corrected chi connectivity index (χ4v) is 5.89. The van der Waals surface area contributed by atoms with E-state index in [9.17, 15) is 13.2 Å². The van der Waals surface area contributed by atoms with E-state index >= 15 is 0 Å². The maximum atomic E-state index is 13.5.